The molecule has 216 valence electrons. The Kier molecular flexibility index (Phi) is 14.7. The number of fused-ring (bicyclic) bond motifs is 1. The first-order valence-corrected chi connectivity index (χ1v) is 15.0. The summed E-state index contributed by atoms with van der Waals surface area (Å²) in [6.45, 7) is 12.6. The number of anilines is 1. The van der Waals surface area contributed by atoms with Crippen LogP contribution in [-0.2, 0) is 17.8 Å². The van der Waals surface area contributed by atoms with E-state index in [1.807, 2.05) is 68.6 Å². The van der Waals surface area contributed by atoms with Crippen molar-refractivity contribution in [3.63, 3.8) is 0 Å². The molecular weight excluding hydrogens is 494 g/mol. The summed E-state index contributed by atoms with van der Waals surface area (Å²) >= 11 is 0. The van der Waals surface area contributed by atoms with Crippen molar-refractivity contribution in [3.05, 3.63) is 84.7 Å². The number of ketones is 1. The average Bonchev–Trinajstić information content (AvgIpc) is 3.34. The number of rotatable bonds is 9. The molecule has 1 saturated carbocycles. The van der Waals surface area contributed by atoms with Gasteiger partial charge in [0.25, 0.3) is 0 Å². The number of hydrogen-bond donors (Lipinski definition) is 0. The minimum absolute atomic E-state index is 0.0606. The molecule has 4 rings (SSSR count). The number of benzene rings is 2. The van der Waals surface area contributed by atoms with Gasteiger partial charge in [-0.2, -0.15) is 0 Å². The molecule has 0 aliphatic heterocycles. The maximum Gasteiger partial charge on any atom is 0.229 e. The third-order valence-corrected chi connectivity index (χ3v) is 7.18. The van der Waals surface area contributed by atoms with Gasteiger partial charge in [-0.25, -0.2) is 4.98 Å². The molecule has 0 N–H and O–H groups in total. The Morgan fingerprint density at radius 1 is 1.05 bits per heavy atom. The third kappa shape index (κ3) is 9.62. The van der Waals surface area contributed by atoms with E-state index in [4.69, 9.17) is 4.98 Å². The average molecular weight is 544 g/mol. The monoisotopic (exact) mass is 543 g/mol. The summed E-state index contributed by atoms with van der Waals surface area (Å²) in [5.41, 5.74) is 3.38. The number of aryl methyl sites for hydroxylation is 1. The summed E-state index contributed by atoms with van der Waals surface area (Å²) in [6.07, 6.45) is 15.4. The van der Waals surface area contributed by atoms with Gasteiger partial charge in [0.2, 0.25) is 5.91 Å². The standard InChI is InChI=1S/C25H29N3O2.2C5H10/c1-3-28-22-15-14-20(27(2)25(30)19-12-8-5-9-13-19)16-21(22)26-24(28)17-23(29)18-10-6-4-7-11-18;2*1-3-5-4-2/h4,6-7,10-11,14-16,19H,3,5,8-9,12-13,17H2,1-2H3;3,5H,4H2,1-2H3;3H,1,4-5H2,2H3/b;5-3-;. The summed E-state index contributed by atoms with van der Waals surface area (Å²) in [7, 11) is 1.86. The van der Waals surface area contributed by atoms with E-state index in [-0.39, 0.29) is 24.0 Å². The van der Waals surface area contributed by atoms with Gasteiger partial charge in [-0.15, -0.1) is 6.58 Å². The largest absolute Gasteiger partial charge is 0.328 e. The van der Waals surface area contributed by atoms with Crippen LogP contribution in [0.2, 0.25) is 0 Å². The highest BCUT2D eigenvalue weighted by Crippen LogP contribution is 2.29. The minimum atomic E-state index is 0.0606. The molecule has 1 amide bonds. The molecule has 0 radical (unpaired) electrons. The van der Waals surface area contributed by atoms with Crippen LogP contribution in [0.5, 0.6) is 0 Å². The molecule has 5 nitrogen and oxygen atoms in total. The van der Waals surface area contributed by atoms with E-state index in [2.05, 4.69) is 44.1 Å². The van der Waals surface area contributed by atoms with Crippen molar-refractivity contribution in [1.82, 2.24) is 9.55 Å². The van der Waals surface area contributed by atoms with Crippen molar-refractivity contribution in [3.8, 4) is 0 Å². The van der Waals surface area contributed by atoms with Gasteiger partial charge >= 0.3 is 0 Å². The number of nitrogens with zero attached hydrogens (tertiary/aromatic N) is 3. The van der Waals surface area contributed by atoms with E-state index in [9.17, 15) is 9.59 Å². The van der Waals surface area contributed by atoms with Crippen molar-refractivity contribution in [2.24, 2.45) is 5.92 Å². The number of unbranched alkanes of at least 4 members (excludes halogenated alkanes) is 1. The second-order valence-corrected chi connectivity index (χ2v) is 10.2. The van der Waals surface area contributed by atoms with Crippen molar-refractivity contribution in [2.45, 2.75) is 92.0 Å². The predicted molar refractivity (Wildman–Crippen MR) is 170 cm³/mol. The molecule has 2 aromatic carbocycles. The van der Waals surface area contributed by atoms with Gasteiger partial charge in [0.05, 0.1) is 17.5 Å². The molecule has 0 spiro atoms. The fraction of sp³-hybridized carbons (Fsp3) is 0.457. The van der Waals surface area contributed by atoms with Gasteiger partial charge in [0, 0.05) is 30.8 Å². The van der Waals surface area contributed by atoms with Crippen LogP contribution in [0.1, 0.15) is 95.2 Å². The summed E-state index contributed by atoms with van der Waals surface area (Å²) in [5.74, 6) is 1.15. The molecule has 0 bridgehead atoms. The van der Waals surface area contributed by atoms with Crippen molar-refractivity contribution < 1.29 is 9.59 Å². The lowest BCUT2D eigenvalue weighted by Crippen LogP contribution is -2.33. The Morgan fingerprint density at radius 2 is 1.75 bits per heavy atom. The molecule has 1 aliphatic rings. The van der Waals surface area contributed by atoms with Gasteiger partial charge in [-0.1, -0.05) is 88.1 Å². The Labute approximate surface area is 242 Å². The smallest absolute Gasteiger partial charge is 0.229 e. The number of allylic oxidation sites excluding steroid dienone is 3. The van der Waals surface area contributed by atoms with E-state index in [1.54, 1.807) is 4.90 Å². The van der Waals surface area contributed by atoms with Crippen LogP contribution >= 0.6 is 0 Å². The van der Waals surface area contributed by atoms with E-state index < -0.39 is 0 Å². The lowest BCUT2D eigenvalue weighted by Gasteiger charge is -2.26. The number of Topliss-reactive ketones (excluding diaryl/α,β-unsaturated/α-hetero) is 1. The number of aromatic nitrogens is 2. The quantitative estimate of drug-likeness (QED) is 0.200. The first-order chi connectivity index (χ1) is 19.4. The van der Waals surface area contributed by atoms with Crippen molar-refractivity contribution in [1.29, 1.82) is 0 Å². The van der Waals surface area contributed by atoms with E-state index >= 15 is 0 Å². The van der Waals surface area contributed by atoms with E-state index in [0.717, 1.165) is 67.6 Å². The molecule has 40 heavy (non-hydrogen) atoms. The molecule has 0 unspecified atom stereocenters. The van der Waals surface area contributed by atoms with Crippen LogP contribution in [0.4, 0.5) is 5.69 Å². The van der Waals surface area contributed by atoms with E-state index in [0.29, 0.717) is 5.56 Å². The Bertz CT molecular complexity index is 1220. The lowest BCUT2D eigenvalue weighted by molar-refractivity contribution is -0.123. The lowest BCUT2D eigenvalue weighted by atomic mass is 9.88. The zero-order valence-electron chi connectivity index (χ0n) is 25.4. The number of hydrogen-bond acceptors (Lipinski definition) is 3. The number of amides is 1. The van der Waals surface area contributed by atoms with Crippen LogP contribution in [-0.4, -0.2) is 28.3 Å². The molecule has 1 fully saturated rings. The fourth-order valence-electron chi connectivity index (χ4n) is 4.92. The zero-order valence-corrected chi connectivity index (χ0v) is 25.4. The Hall–Kier alpha value is -3.47. The molecule has 1 aliphatic carbocycles. The van der Waals surface area contributed by atoms with Crippen LogP contribution in [0.3, 0.4) is 0 Å². The zero-order chi connectivity index (χ0) is 29.3. The van der Waals surface area contributed by atoms with Gasteiger partial charge in [-0.05, 0) is 57.7 Å². The number of carbonyl (C=O) groups is 2. The molecule has 0 atom stereocenters. The topological polar surface area (TPSA) is 55.2 Å². The summed E-state index contributed by atoms with van der Waals surface area (Å²) in [6, 6.07) is 15.3. The molecule has 1 aromatic heterocycles. The molecule has 1 heterocycles. The fourth-order valence-corrected chi connectivity index (χ4v) is 4.92. The maximum absolute atomic E-state index is 12.9. The number of carbonyl (C=O) groups excluding carboxylic acids is 2. The molecule has 5 heteroatoms. The molecule has 3 aromatic rings. The highest BCUT2D eigenvalue weighted by molar-refractivity contribution is 5.98. The highest BCUT2D eigenvalue weighted by atomic mass is 16.2. The first kappa shape index (κ1) is 32.7. The van der Waals surface area contributed by atoms with Crippen molar-refractivity contribution in [2.75, 3.05) is 11.9 Å². The Morgan fingerprint density at radius 3 is 2.27 bits per heavy atom. The summed E-state index contributed by atoms with van der Waals surface area (Å²) in [4.78, 5) is 32.2. The van der Waals surface area contributed by atoms with Crippen LogP contribution < -0.4 is 4.90 Å². The first-order valence-electron chi connectivity index (χ1n) is 15.0. The van der Waals surface area contributed by atoms with Gasteiger partial charge in [-0.3, -0.25) is 9.59 Å². The van der Waals surface area contributed by atoms with Gasteiger partial charge in [0.1, 0.15) is 5.82 Å². The predicted octanol–water partition coefficient (Wildman–Crippen LogP) is 8.97. The maximum atomic E-state index is 12.9. The molecule has 0 saturated heterocycles. The summed E-state index contributed by atoms with van der Waals surface area (Å²) < 4.78 is 2.09. The summed E-state index contributed by atoms with van der Waals surface area (Å²) in [5, 5.41) is 0. The van der Waals surface area contributed by atoms with Crippen LogP contribution in [0.25, 0.3) is 11.0 Å². The Balaban J connectivity index is 0.000000482. The van der Waals surface area contributed by atoms with Crippen LogP contribution in [0, 0.1) is 5.92 Å². The van der Waals surface area contributed by atoms with Crippen LogP contribution in [0.15, 0.2) is 73.3 Å². The third-order valence-electron chi connectivity index (χ3n) is 7.18. The van der Waals surface area contributed by atoms with Crippen molar-refractivity contribution >= 4 is 28.4 Å². The minimum Gasteiger partial charge on any atom is -0.328 e. The normalized spacial score (nSPS) is 13.2. The van der Waals surface area contributed by atoms with Gasteiger partial charge < -0.3 is 9.47 Å². The number of imidazole rings is 1. The van der Waals surface area contributed by atoms with E-state index in [1.165, 1.54) is 12.8 Å². The highest BCUT2D eigenvalue weighted by Gasteiger charge is 2.25. The molecular formula is C35H49N3O2. The SMILES string of the molecule is C/C=C\CC.C=CCCC.CCn1c(CC(=O)c2ccccc2)nc2cc(N(C)C(=O)C3CCCCC3)ccc21. The van der Waals surface area contributed by atoms with Gasteiger partial charge in [0.15, 0.2) is 5.78 Å². The second kappa shape index (κ2) is 18.0. The second-order valence-electron chi connectivity index (χ2n) is 10.2.